The fraction of sp³-hybridized carbons (Fsp3) is 0.778. The molecule has 0 aliphatic heterocycles. The summed E-state index contributed by atoms with van der Waals surface area (Å²) in [4.78, 5) is 11.3. The van der Waals surface area contributed by atoms with E-state index in [9.17, 15) is 4.79 Å². The van der Waals surface area contributed by atoms with Gasteiger partial charge in [0.05, 0.1) is 6.04 Å². The van der Waals surface area contributed by atoms with Crippen LogP contribution in [0.1, 0.15) is 33.6 Å². The Hall–Kier alpha value is -1.26. The summed E-state index contributed by atoms with van der Waals surface area (Å²) in [6, 6.07) is -0.420. The number of carbonyl (C=O) groups excluding carboxylic acids is 1. The van der Waals surface area contributed by atoms with Crippen molar-refractivity contribution >= 4 is 11.7 Å². The Morgan fingerprint density at radius 2 is 2.14 bits per heavy atom. The van der Waals surface area contributed by atoms with Gasteiger partial charge in [0, 0.05) is 6.42 Å². The molecule has 82 valence electrons. The van der Waals surface area contributed by atoms with Gasteiger partial charge in [-0.05, 0) is 12.8 Å². The first-order chi connectivity index (χ1) is 6.51. The molecule has 2 atom stereocenters. The summed E-state index contributed by atoms with van der Waals surface area (Å²) in [5.41, 5.74) is 5.31. The second kappa shape index (κ2) is 6.23. The van der Waals surface area contributed by atoms with Crippen molar-refractivity contribution in [3.63, 3.8) is 0 Å². The molecule has 0 aromatic rings. The minimum Gasteiger partial charge on any atom is -0.409 e. The van der Waals surface area contributed by atoms with Crippen LogP contribution in [0, 0.1) is 5.92 Å². The molecule has 0 spiro atoms. The lowest BCUT2D eigenvalue weighted by atomic mass is 10.0. The quantitative estimate of drug-likeness (QED) is 0.264. The van der Waals surface area contributed by atoms with Crippen LogP contribution in [-0.4, -0.2) is 23.0 Å². The van der Waals surface area contributed by atoms with Gasteiger partial charge in [0.15, 0.2) is 5.84 Å². The van der Waals surface area contributed by atoms with E-state index < -0.39 is 6.04 Å². The van der Waals surface area contributed by atoms with Crippen molar-refractivity contribution in [2.45, 2.75) is 39.7 Å². The molecule has 0 aliphatic carbocycles. The van der Waals surface area contributed by atoms with Gasteiger partial charge in [0.2, 0.25) is 5.91 Å². The highest BCUT2D eigenvalue weighted by atomic mass is 16.4. The third-order valence-electron chi connectivity index (χ3n) is 2.17. The molecular weight excluding hydrogens is 182 g/mol. The van der Waals surface area contributed by atoms with Crippen molar-refractivity contribution < 1.29 is 10.0 Å². The largest absolute Gasteiger partial charge is 0.409 e. The standard InChI is InChI=1S/C9H19N3O2/c1-4-6(2)5-8(13)11-7(3)9(10)12-14/h6-7,14H,4-5H2,1-3H3,(H2,10,12)(H,11,13). The van der Waals surface area contributed by atoms with E-state index in [1.165, 1.54) is 0 Å². The molecule has 0 bridgehead atoms. The topological polar surface area (TPSA) is 87.7 Å². The lowest BCUT2D eigenvalue weighted by molar-refractivity contribution is -0.122. The Morgan fingerprint density at radius 1 is 1.57 bits per heavy atom. The molecule has 14 heavy (non-hydrogen) atoms. The van der Waals surface area contributed by atoms with Gasteiger partial charge in [-0.15, -0.1) is 0 Å². The van der Waals surface area contributed by atoms with Gasteiger partial charge in [0.25, 0.3) is 0 Å². The Bertz CT molecular complexity index is 216. The average Bonchev–Trinajstić information content (AvgIpc) is 2.15. The molecule has 1 amide bonds. The molecule has 5 heteroatoms. The van der Waals surface area contributed by atoms with Crippen LogP contribution in [0.5, 0.6) is 0 Å². The van der Waals surface area contributed by atoms with Gasteiger partial charge in [0.1, 0.15) is 0 Å². The van der Waals surface area contributed by atoms with E-state index in [2.05, 4.69) is 10.5 Å². The predicted molar refractivity (Wildman–Crippen MR) is 55.1 cm³/mol. The third kappa shape index (κ3) is 4.69. The number of hydrogen-bond acceptors (Lipinski definition) is 3. The molecule has 5 nitrogen and oxygen atoms in total. The maximum atomic E-state index is 11.3. The van der Waals surface area contributed by atoms with E-state index in [0.29, 0.717) is 12.3 Å². The molecule has 0 aromatic carbocycles. The summed E-state index contributed by atoms with van der Waals surface area (Å²) < 4.78 is 0. The minimum atomic E-state index is -0.420. The maximum Gasteiger partial charge on any atom is 0.220 e. The van der Waals surface area contributed by atoms with Gasteiger partial charge in [-0.25, -0.2) is 0 Å². The third-order valence-corrected chi connectivity index (χ3v) is 2.17. The minimum absolute atomic E-state index is 0.0162. The van der Waals surface area contributed by atoms with E-state index >= 15 is 0 Å². The summed E-state index contributed by atoms with van der Waals surface area (Å²) in [7, 11) is 0. The molecule has 0 saturated carbocycles. The SMILES string of the molecule is CCC(C)CC(=O)NC(C)C(N)=NO. The van der Waals surface area contributed by atoms with Crippen LogP contribution in [-0.2, 0) is 4.79 Å². The molecule has 2 unspecified atom stereocenters. The zero-order chi connectivity index (χ0) is 11.1. The van der Waals surface area contributed by atoms with Crippen LogP contribution in [0.4, 0.5) is 0 Å². The first-order valence-corrected chi connectivity index (χ1v) is 4.78. The van der Waals surface area contributed by atoms with Crippen LogP contribution in [0.25, 0.3) is 0 Å². The Kier molecular flexibility index (Phi) is 5.67. The second-order valence-corrected chi connectivity index (χ2v) is 3.53. The zero-order valence-electron chi connectivity index (χ0n) is 8.95. The number of nitrogens with one attached hydrogen (secondary N) is 1. The number of carbonyl (C=O) groups is 1. The van der Waals surface area contributed by atoms with E-state index in [0.717, 1.165) is 6.42 Å². The second-order valence-electron chi connectivity index (χ2n) is 3.53. The molecule has 0 aliphatic rings. The highest BCUT2D eigenvalue weighted by Crippen LogP contribution is 2.05. The molecule has 0 rings (SSSR count). The number of hydrogen-bond donors (Lipinski definition) is 3. The van der Waals surface area contributed by atoms with E-state index in [1.54, 1.807) is 6.92 Å². The Morgan fingerprint density at radius 3 is 2.57 bits per heavy atom. The van der Waals surface area contributed by atoms with Crippen LogP contribution < -0.4 is 11.1 Å². The summed E-state index contributed by atoms with van der Waals surface area (Å²) >= 11 is 0. The number of rotatable bonds is 5. The summed E-state index contributed by atoms with van der Waals surface area (Å²) in [6.07, 6.45) is 1.44. The Balaban J connectivity index is 3.94. The molecule has 0 radical (unpaired) electrons. The molecule has 0 aromatic heterocycles. The van der Waals surface area contributed by atoms with Crippen molar-refractivity contribution in [2.24, 2.45) is 16.8 Å². The average molecular weight is 201 g/mol. The van der Waals surface area contributed by atoms with Crippen molar-refractivity contribution in [2.75, 3.05) is 0 Å². The number of nitrogens with zero attached hydrogens (tertiary/aromatic N) is 1. The molecule has 0 heterocycles. The van der Waals surface area contributed by atoms with Crippen molar-refractivity contribution in [3.05, 3.63) is 0 Å². The van der Waals surface area contributed by atoms with E-state index in [1.807, 2.05) is 13.8 Å². The molecular formula is C9H19N3O2. The number of amidine groups is 1. The van der Waals surface area contributed by atoms with Crippen LogP contribution in [0.3, 0.4) is 0 Å². The van der Waals surface area contributed by atoms with Gasteiger partial charge >= 0.3 is 0 Å². The van der Waals surface area contributed by atoms with Gasteiger partial charge < -0.3 is 16.3 Å². The van der Waals surface area contributed by atoms with Crippen molar-refractivity contribution in [3.8, 4) is 0 Å². The molecule has 4 N–H and O–H groups in total. The van der Waals surface area contributed by atoms with Crippen LogP contribution >= 0.6 is 0 Å². The van der Waals surface area contributed by atoms with E-state index in [4.69, 9.17) is 10.9 Å². The highest BCUT2D eigenvalue weighted by Gasteiger charge is 2.12. The molecule has 0 fully saturated rings. The fourth-order valence-electron chi connectivity index (χ4n) is 0.922. The van der Waals surface area contributed by atoms with Crippen LogP contribution in [0.2, 0.25) is 0 Å². The lowest BCUT2D eigenvalue weighted by Crippen LogP contribution is -2.42. The first-order valence-electron chi connectivity index (χ1n) is 4.78. The van der Waals surface area contributed by atoms with Gasteiger partial charge in [-0.1, -0.05) is 25.4 Å². The summed E-state index contributed by atoms with van der Waals surface area (Å²) in [6.45, 7) is 5.71. The van der Waals surface area contributed by atoms with Crippen molar-refractivity contribution in [1.29, 1.82) is 0 Å². The van der Waals surface area contributed by atoms with Gasteiger partial charge in [-0.3, -0.25) is 4.79 Å². The van der Waals surface area contributed by atoms with E-state index in [-0.39, 0.29) is 11.7 Å². The Labute approximate surface area is 84.4 Å². The molecule has 0 saturated heterocycles. The lowest BCUT2D eigenvalue weighted by Gasteiger charge is -2.13. The van der Waals surface area contributed by atoms with Crippen molar-refractivity contribution in [1.82, 2.24) is 5.32 Å². The summed E-state index contributed by atoms with van der Waals surface area (Å²) in [5, 5.41) is 13.8. The predicted octanol–water partition coefficient (Wildman–Crippen LogP) is 0.674. The first kappa shape index (κ1) is 12.7. The number of oxime groups is 1. The normalized spacial score (nSPS) is 16.1. The maximum absolute atomic E-state index is 11.3. The fourth-order valence-corrected chi connectivity index (χ4v) is 0.922. The number of nitrogens with two attached hydrogens (primary N) is 1. The highest BCUT2D eigenvalue weighted by molar-refractivity contribution is 5.89. The van der Waals surface area contributed by atoms with Gasteiger partial charge in [-0.2, -0.15) is 0 Å². The smallest absolute Gasteiger partial charge is 0.220 e. The summed E-state index contributed by atoms with van der Waals surface area (Å²) in [5.74, 6) is 0.301. The van der Waals surface area contributed by atoms with Crippen LogP contribution in [0.15, 0.2) is 5.16 Å². The monoisotopic (exact) mass is 201 g/mol. The number of amides is 1. The zero-order valence-corrected chi connectivity index (χ0v) is 8.95.